The molecule has 0 aliphatic carbocycles. The lowest BCUT2D eigenvalue weighted by molar-refractivity contribution is -0.154. The summed E-state index contributed by atoms with van der Waals surface area (Å²) in [6.45, 7) is 3.31. The zero-order valence-electron chi connectivity index (χ0n) is 38.6. The monoisotopic (exact) mass is 877 g/mol. The highest BCUT2D eigenvalue weighted by atomic mass is 31.2. The van der Waals surface area contributed by atoms with Crippen molar-refractivity contribution >= 4 is 13.8 Å². The molecule has 0 saturated heterocycles. The summed E-state index contributed by atoms with van der Waals surface area (Å²) in [4.78, 5) is 22.7. The van der Waals surface area contributed by atoms with Crippen LogP contribution in [0.15, 0.2) is 85.1 Å². The molecule has 0 aromatic heterocycles. The zero-order valence-corrected chi connectivity index (χ0v) is 39.5. The molecule has 0 aromatic rings. The van der Waals surface area contributed by atoms with Gasteiger partial charge in [0.1, 0.15) is 12.2 Å². The fourth-order valence-corrected chi connectivity index (χ4v) is 6.97. The third-order valence-electron chi connectivity index (χ3n) is 9.81. The van der Waals surface area contributed by atoms with Crippen LogP contribution in [0.1, 0.15) is 187 Å². The smallest absolute Gasteiger partial charge is 0.457 e. The van der Waals surface area contributed by atoms with Crippen LogP contribution in [-0.2, 0) is 27.9 Å². The van der Waals surface area contributed by atoms with Gasteiger partial charge in [-0.1, -0.05) is 176 Å². The van der Waals surface area contributed by atoms with E-state index in [1.165, 1.54) is 70.6 Å². The molecule has 61 heavy (non-hydrogen) atoms. The first kappa shape index (κ1) is 58.6. The topological polar surface area (TPSA) is 132 Å². The molecule has 0 aromatic carbocycles. The largest absolute Gasteiger partial charge is 0.472 e. The van der Waals surface area contributed by atoms with Crippen molar-refractivity contribution in [2.75, 3.05) is 33.0 Å². The van der Waals surface area contributed by atoms with Crippen molar-refractivity contribution < 1.29 is 43.0 Å². The Balaban J connectivity index is 4.22. The maximum Gasteiger partial charge on any atom is 0.472 e. The van der Waals surface area contributed by atoms with E-state index in [9.17, 15) is 19.4 Å². The Hall–Kier alpha value is -2.36. The van der Waals surface area contributed by atoms with Crippen molar-refractivity contribution in [1.29, 1.82) is 0 Å². The van der Waals surface area contributed by atoms with Gasteiger partial charge in [-0.3, -0.25) is 13.8 Å². The van der Waals surface area contributed by atoms with Gasteiger partial charge in [0.25, 0.3) is 0 Å². The summed E-state index contributed by atoms with van der Waals surface area (Å²) in [6, 6.07) is 0. The molecule has 0 heterocycles. The Morgan fingerprint density at radius 2 is 0.934 bits per heavy atom. The molecule has 0 rings (SSSR count). The number of hydrogen-bond donors (Lipinski definition) is 3. The second-order valence-electron chi connectivity index (χ2n) is 15.7. The molecule has 0 aliphatic heterocycles. The minimum Gasteiger partial charge on any atom is -0.457 e. The van der Waals surface area contributed by atoms with Crippen molar-refractivity contribution in [2.24, 2.45) is 0 Å². The molecule has 352 valence electrons. The number of esters is 1. The predicted molar refractivity (Wildman–Crippen MR) is 256 cm³/mol. The number of allylic oxidation sites excluding steroid dienone is 14. The van der Waals surface area contributed by atoms with Gasteiger partial charge in [0.15, 0.2) is 0 Å². The summed E-state index contributed by atoms with van der Waals surface area (Å²) in [6.07, 6.45) is 58.3. The van der Waals surface area contributed by atoms with Crippen molar-refractivity contribution in [2.45, 2.75) is 199 Å². The molecule has 3 atom stereocenters. The lowest BCUT2D eigenvalue weighted by atomic mass is 10.1. The number of aliphatic hydroxyl groups is 2. The van der Waals surface area contributed by atoms with Crippen molar-refractivity contribution in [1.82, 2.24) is 0 Å². The van der Waals surface area contributed by atoms with Crippen molar-refractivity contribution in [3.63, 3.8) is 0 Å². The van der Waals surface area contributed by atoms with Gasteiger partial charge in [0.05, 0.1) is 26.4 Å². The maximum atomic E-state index is 12.7. The molecular weight excluding hydrogens is 788 g/mol. The van der Waals surface area contributed by atoms with Gasteiger partial charge in [-0.25, -0.2) is 4.57 Å². The molecule has 9 nitrogen and oxygen atoms in total. The van der Waals surface area contributed by atoms with E-state index in [0.29, 0.717) is 13.0 Å². The Morgan fingerprint density at radius 3 is 1.43 bits per heavy atom. The molecule has 3 unspecified atom stereocenters. The number of carbonyl (C=O) groups excluding carboxylic acids is 1. The standard InChI is InChI=1S/C51H89O9P/c1-3-5-7-9-11-13-15-17-19-21-23-24-25-26-28-30-32-34-36-38-40-42-44-57-47-50(48-59-61(55,56)58-46-49(53)45-52)60-51(54)43-41-39-37-35-33-31-29-27-22-20-18-16-14-12-10-8-6-4-2/h5,7,11,13,17,19-20,22-24,26,28,32,34,49-50,52-53H,3-4,6,8-10,12,14-16,18,21,25,27,29-31,33,35-48H2,1-2H3,(H,55,56)/b7-5-,13-11-,19-17-,22-20-,24-23-,28-26-,34-32-. The van der Waals surface area contributed by atoms with Gasteiger partial charge in [0, 0.05) is 13.0 Å². The van der Waals surface area contributed by atoms with Crippen LogP contribution in [0.5, 0.6) is 0 Å². The second kappa shape index (κ2) is 47.1. The van der Waals surface area contributed by atoms with E-state index in [1.807, 2.05) is 0 Å². The van der Waals surface area contributed by atoms with E-state index in [1.54, 1.807) is 0 Å². The molecule has 0 bridgehead atoms. The average molecular weight is 877 g/mol. The highest BCUT2D eigenvalue weighted by molar-refractivity contribution is 7.47. The maximum absolute atomic E-state index is 12.7. The van der Waals surface area contributed by atoms with E-state index in [-0.39, 0.29) is 13.0 Å². The summed E-state index contributed by atoms with van der Waals surface area (Å²) in [5.41, 5.74) is 0. The van der Waals surface area contributed by atoms with Gasteiger partial charge in [-0.05, 0) is 89.9 Å². The Morgan fingerprint density at radius 1 is 0.525 bits per heavy atom. The van der Waals surface area contributed by atoms with Crippen LogP contribution >= 0.6 is 7.82 Å². The third-order valence-corrected chi connectivity index (χ3v) is 10.8. The number of ether oxygens (including phenoxy) is 2. The molecule has 0 fully saturated rings. The highest BCUT2D eigenvalue weighted by Crippen LogP contribution is 2.43. The van der Waals surface area contributed by atoms with Gasteiger partial charge in [-0.2, -0.15) is 0 Å². The molecule has 0 aliphatic rings. The Kier molecular flexibility index (Phi) is 45.3. The van der Waals surface area contributed by atoms with E-state index in [4.69, 9.17) is 23.6 Å². The summed E-state index contributed by atoms with van der Waals surface area (Å²) in [7, 11) is -4.54. The lowest BCUT2D eigenvalue weighted by Crippen LogP contribution is -2.29. The molecule has 0 amide bonds. The average Bonchev–Trinajstić information content (AvgIpc) is 3.25. The van der Waals surface area contributed by atoms with Gasteiger partial charge in [0.2, 0.25) is 0 Å². The number of phosphoric ester groups is 1. The number of hydrogen-bond acceptors (Lipinski definition) is 8. The van der Waals surface area contributed by atoms with Crippen LogP contribution in [0, 0.1) is 0 Å². The van der Waals surface area contributed by atoms with Crippen molar-refractivity contribution in [3.8, 4) is 0 Å². The summed E-state index contributed by atoms with van der Waals surface area (Å²) >= 11 is 0. The van der Waals surface area contributed by atoms with Crippen LogP contribution < -0.4 is 0 Å². The molecule has 0 saturated carbocycles. The lowest BCUT2D eigenvalue weighted by Gasteiger charge is -2.20. The molecule has 0 radical (unpaired) electrons. The van der Waals surface area contributed by atoms with Gasteiger partial charge in [-0.15, -0.1) is 0 Å². The minimum atomic E-state index is -4.54. The Labute approximate surface area is 373 Å². The van der Waals surface area contributed by atoms with Crippen LogP contribution in [-0.4, -0.2) is 66.3 Å². The number of phosphoric acid groups is 1. The number of aliphatic hydroxyl groups excluding tert-OH is 2. The van der Waals surface area contributed by atoms with Crippen LogP contribution in [0.25, 0.3) is 0 Å². The second-order valence-corrected chi connectivity index (χ2v) is 17.2. The minimum absolute atomic E-state index is 0.0203. The molecular formula is C51H89O9P. The van der Waals surface area contributed by atoms with Crippen LogP contribution in [0.3, 0.4) is 0 Å². The normalized spacial score (nSPS) is 14.6. The number of carbonyl (C=O) groups is 1. The Bertz CT molecular complexity index is 1220. The van der Waals surface area contributed by atoms with Crippen molar-refractivity contribution in [3.05, 3.63) is 85.1 Å². The van der Waals surface area contributed by atoms with E-state index >= 15 is 0 Å². The zero-order chi connectivity index (χ0) is 44.6. The first-order chi connectivity index (χ1) is 29.8. The first-order valence-corrected chi connectivity index (χ1v) is 25.6. The quantitative estimate of drug-likeness (QED) is 0.0237. The predicted octanol–water partition coefficient (Wildman–Crippen LogP) is 13.9. The number of unbranched alkanes of at least 4 members (excludes halogenated alkanes) is 17. The molecule has 3 N–H and O–H groups in total. The third kappa shape index (κ3) is 47.0. The van der Waals surface area contributed by atoms with Gasteiger partial charge < -0.3 is 24.6 Å². The SMILES string of the molecule is CC/C=C\C/C=C\C/C=C\C/C=C\C/C=C\C/C=C\CCCCCOCC(COP(=O)(O)OCC(O)CO)OC(=O)CCCCCCCCC/C=C\CCCCCCCCC. The van der Waals surface area contributed by atoms with E-state index < -0.39 is 45.8 Å². The van der Waals surface area contributed by atoms with E-state index in [0.717, 1.165) is 89.9 Å². The number of rotatable bonds is 45. The van der Waals surface area contributed by atoms with Gasteiger partial charge >= 0.3 is 13.8 Å². The summed E-state index contributed by atoms with van der Waals surface area (Å²) in [5, 5.41) is 18.4. The fraction of sp³-hybridized carbons (Fsp3) is 0.706. The molecule has 0 spiro atoms. The van der Waals surface area contributed by atoms with Crippen LogP contribution in [0.4, 0.5) is 0 Å². The fourth-order valence-electron chi connectivity index (χ4n) is 6.18. The summed E-state index contributed by atoms with van der Waals surface area (Å²) in [5.74, 6) is -0.402. The molecule has 10 heteroatoms. The highest BCUT2D eigenvalue weighted by Gasteiger charge is 2.26. The first-order valence-electron chi connectivity index (χ1n) is 24.1. The van der Waals surface area contributed by atoms with E-state index in [2.05, 4.69) is 98.9 Å². The summed E-state index contributed by atoms with van der Waals surface area (Å²) < 4.78 is 33.4. The van der Waals surface area contributed by atoms with Crippen LogP contribution in [0.2, 0.25) is 0 Å².